The van der Waals surface area contributed by atoms with Crippen molar-refractivity contribution in [3.63, 3.8) is 0 Å². The van der Waals surface area contributed by atoms with Gasteiger partial charge in [-0.15, -0.1) is 31.7 Å². The summed E-state index contributed by atoms with van der Waals surface area (Å²) in [6.45, 7) is 1.30. The highest BCUT2D eigenvalue weighted by atomic mass is 32.2. The third-order valence-electron chi connectivity index (χ3n) is 4.04. The molecule has 0 saturated heterocycles. The van der Waals surface area contributed by atoms with Crippen LogP contribution in [-0.2, 0) is 25.3 Å². The molecule has 4 rings (SSSR count). The molecular formula is C19H18N6OS3. The normalized spacial score (nSPS) is 10.9. The average Bonchev–Trinajstić information content (AvgIpc) is 3.51. The zero-order chi connectivity index (χ0) is 19.9. The van der Waals surface area contributed by atoms with E-state index in [0.29, 0.717) is 17.3 Å². The van der Waals surface area contributed by atoms with Crippen LogP contribution in [0, 0.1) is 0 Å². The number of rotatable bonds is 9. The molecule has 0 unspecified atom stereocenters. The number of thioether (sulfide) groups is 1. The van der Waals surface area contributed by atoms with Crippen molar-refractivity contribution in [3.8, 4) is 0 Å². The van der Waals surface area contributed by atoms with Crippen molar-refractivity contribution in [2.24, 2.45) is 0 Å². The second-order valence-electron chi connectivity index (χ2n) is 6.09. The minimum atomic E-state index is -0.207. The molecule has 4 aromatic rings. The van der Waals surface area contributed by atoms with E-state index in [2.05, 4.69) is 43.2 Å². The number of thiophene rings is 1. The first kappa shape index (κ1) is 19.7. The molecule has 0 aliphatic carbocycles. The minimum absolute atomic E-state index is 0.207. The van der Waals surface area contributed by atoms with Crippen LogP contribution in [0.2, 0.25) is 0 Å². The molecular weight excluding hydrogens is 424 g/mol. The highest BCUT2D eigenvalue weighted by Gasteiger charge is 2.14. The standard InChI is InChI=1S/C19H18N6OS3/c26-17(20-11-14-5-2-1-3-6-14)18-23-22-16(29-18)12-28-19-24-21-13-25(19)9-8-15-7-4-10-27-15/h1-7,10,13H,8-9,11-12H2,(H,20,26). The van der Waals surface area contributed by atoms with E-state index >= 15 is 0 Å². The van der Waals surface area contributed by atoms with Crippen LogP contribution in [-0.4, -0.2) is 30.9 Å². The number of aromatic nitrogens is 5. The Morgan fingerprint density at radius 3 is 2.83 bits per heavy atom. The molecule has 0 aliphatic heterocycles. The number of aryl methyl sites for hydroxylation is 2. The lowest BCUT2D eigenvalue weighted by atomic mass is 10.2. The molecule has 0 spiro atoms. The largest absolute Gasteiger partial charge is 0.346 e. The Morgan fingerprint density at radius 1 is 1.10 bits per heavy atom. The number of nitrogens with one attached hydrogen (secondary N) is 1. The molecule has 0 fully saturated rings. The van der Waals surface area contributed by atoms with Gasteiger partial charge in [0.1, 0.15) is 11.3 Å². The lowest BCUT2D eigenvalue weighted by Crippen LogP contribution is -2.22. The summed E-state index contributed by atoms with van der Waals surface area (Å²) in [6, 6.07) is 14.0. The van der Waals surface area contributed by atoms with E-state index in [9.17, 15) is 4.79 Å². The van der Waals surface area contributed by atoms with Gasteiger partial charge in [0, 0.05) is 18.0 Å². The molecule has 0 saturated carbocycles. The highest BCUT2D eigenvalue weighted by Crippen LogP contribution is 2.23. The van der Waals surface area contributed by atoms with Gasteiger partial charge in [-0.05, 0) is 23.4 Å². The van der Waals surface area contributed by atoms with E-state index in [1.807, 2.05) is 34.9 Å². The van der Waals surface area contributed by atoms with Gasteiger partial charge in [0.2, 0.25) is 5.01 Å². The highest BCUT2D eigenvalue weighted by molar-refractivity contribution is 7.98. The number of hydrogen-bond acceptors (Lipinski definition) is 8. The summed E-state index contributed by atoms with van der Waals surface area (Å²) in [4.78, 5) is 13.6. The van der Waals surface area contributed by atoms with Gasteiger partial charge in [-0.25, -0.2) is 0 Å². The Morgan fingerprint density at radius 2 is 2.00 bits per heavy atom. The molecule has 29 heavy (non-hydrogen) atoms. The Bertz CT molecular complexity index is 1050. The van der Waals surface area contributed by atoms with Crippen LogP contribution >= 0.6 is 34.4 Å². The first-order chi connectivity index (χ1) is 14.3. The summed E-state index contributed by atoms with van der Waals surface area (Å²) in [5, 5.41) is 23.3. The van der Waals surface area contributed by atoms with Crippen molar-refractivity contribution in [2.75, 3.05) is 0 Å². The molecule has 3 aromatic heterocycles. The number of benzene rings is 1. The van der Waals surface area contributed by atoms with Gasteiger partial charge >= 0.3 is 0 Å². The number of amides is 1. The van der Waals surface area contributed by atoms with Gasteiger partial charge in [0.25, 0.3) is 5.91 Å². The van der Waals surface area contributed by atoms with Crippen LogP contribution in [0.4, 0.5) is 0 Å². The minimum Gasteiger partial charge on any atom is -0.346 e. The van der Waals surface area contributed by atoms with E-state index in [0.717, 1.165) is 28.7 Å². The lowest BCUT2D eigenvalue weighted by molar-refractivity contribution is 0.0950. The predicted octanol–water partition coefficient (Wildman–Crippen LogP) is 3.66. The number of carbonyl (C=O) groups is 1. The summed E-state index contributed by atoms with van der Waals surface area (Å²) in [5.41, 5.74) is 1.04. The van der Waals surface area contributed by atoms with Gasteiger partial charge in [-0.3, -0.25) is 4.79 Å². The number of hydrogen-bond donors (Lipinski definition) is 1. The van der Waals surface area contributed by atoms with Crippen molar-refractivity contribution in [1.29, 1.82) is 0 Å². The van der Waals surface area contributed by atoms with Crippen molar-refractivity contribution >= 4 is 40.3 Å². The maximum absolute atomic E-state index is 12.3. The van der Waals surface area contributed by atoms with Gasteiger partial charge in [-0.1, -0.05) is 59.5 Å². The van der Waals surface area contributed by atoms with Crippen LogP contribution in [0.1, 0.15) is 25.3 Å². The SMILES string of the molecule is O=C(NCc1ccccc1)c1nnc(CSc2nncn2CCc2cccs2)s1. The second kappa shape index (κ2) is 9.77. The molecule has 10 heteroatoms. The fraction of sp³-hybridized carbons (Fsp3) is 0.211. The quantitative estimate of drug-likeness (QED) is 0.398. The van der Waals surface area contributed by atoms with Gasteiger partial charge in [0.15, 0.2) is 5.16 Å². The summed E-state index contributed by atoms with van der Waals surface area (Å²) in [6.07, 6.45) is 2.70. The predicted molar refractivity (Wildman–Crippen MR) is 115 cm³/mol. The summed E-state index contributed by atoms with van der Waals surface area (Å²) < 4.78 is 2.04. The van der Waals surface area contributed by atoms with Crippen LogP contribution in [0.25, 0.3) is 0 Å². The first-order valence-corrected chi connectivity index (χ1v) is 11.6. The molecule has 7 nitrogen and oxygen atoms in total. The van der Waals surface area contributed by atoms with Crippen LogP contribution in [0.5, 0.6) is 0 Å². The molecule has 1 aromatic carbocycles. The zero-order valence-electron chi connectivity index (χ0n) is 15.4. The van der Waals surface area contributed by atoms with Crippen LogP contribution in [0.3, 0.4) is 0 Å². The van der Waals surface area contributed by atoms with E-state index in [4.69, 9.17) is 0 Å². The molecule has 0 radical (unpaired) electrons. The second-order valence-corrected chi connectivity index (χ2v) is 9.13. The van der Waals surface area contributed by atoms with Gasteiger partial charge < -0.3 is 9.88 Å². The van der Waals surface area contributed by atoms with Gasteiger partial charge in [-0.2, -0.15) is 0 Å². The van der Waals surface area contributed by atoms with E-state index in [-0.39, 0.29) is 5.91 Å². The van der Waals surface area contributed by atoms with Crippen LogP contribution < -0.4 is 5.32 Å². The van der Waals surface area contributed by atoms with Crippen molar-refractivity contribution in [1.82, 2.24) is 30.3 Å². The van der Waals surface area contributed by atoms with Crippen LogP contribution in [0.15, 0.2) is 59.3 Å². The fourth-order valence-corrected chi connectivity index (χ4v) is 4.96. The summed E-state index contributed by atoms with van der Waals surface area (Å²) in [5.74, 6) is 0.392. The third kappa shape index (κ3) is 5.49. The molecule has 0 atom stereocenters. The van der Waals surface area contributed by atoms with Crippen molar-refractivity contribution < 1.29 is 4.79 Å². The maximum atomic E-state index is 12.3. The van der Waals surface area contributed by atoms with Crippen molar-refractivity contribution in [3.05, 3.63) is 74.6 Å². The first-order valence-electron chi connectivity index (χ1n) is 8.95. The Balaban J connectivity index is 1.28. The molecule has 0 aliphatic rings. The molecule has 1 N–H and O–H groups in total. The third-order valence-corrected chi connectivity index (χ3v) is 7.07. The van der Waals surface area contributed by atoms with Crippen molar-refractivity contribution in [2.45, 2.75) is 30.4 Å². The fourth-order valence-electron chi connectivity index (χ4n) is 2.58. The lowest BCUT2D eigenvalue weighted by Gasteiger charge is -2.04. The molecule has 0 bridgehead atoms. The molecule has 148 valence electrons. The summed E-state index contributed by atoms with van der Waals surface area (Å²) >= 11 is 4.61. The van der Waals surface area contributed by atoms with E-state index in [1.54, 1.807) is 29.4 Å². The zero-order valence-corrected chi connectivity index (χ0v) is 17.8. The van der Waals surface area contributed by atoms with E-state index < -0.39 is 0 Å². The Hall–Kier alpha value is -2.56. The monoisotopic (exact) mass is 442 g/mol. The topological polar surface area (TPSA) is 85.6 Å². The maximum Gasteiger partial charge on any atom is 0.282 e. The number of nitrogens with zero attached hydrogens (tertiary/aromatic N) is 5. The number of carbonyl (C=O) groups excluding carboxylic acids is 1. The van der Waals surface area contributed by atoms with E-state index in [1.165, 1.54) is 16.2 Å². The average molecular weight is 443 g/mol. The Labute approximate surface area is 180 Å². The van der Waals surface area contributed by atoms with Gasteiger partial charge in [0.05, 0.1) is 5.75 Å². The summed E-state index contributed by atoms with van der Waals surface area (Å²) in [7, 11) is 0. The smallest absolute Gasteiger partial charge is 0.282 e. The molecule has 3 heterocycles. The Kier molecular flexibility index (Phi) is 6.65. The molecule has 1 amide bonds.